The normalized spacial score (nSPS) is 23.9. The van der Waals surface area contributed by atoms with E-state index < -0.39 is 35.6 Å². The van der Waals surface area contributed by atoms with Crippen molar-refractivity contribution in [2.45, 2.75) is 50.5 Å². The summed E-state index contributed by atoms with van der Waals surface area (Å²) in [4.78, 5) is 11.7. The fourth-order valence-electron chi connectivity index (χ4n) is 4.24. The van der Waals surface area contributed by atoms with Gasteiger partial charge in [-0.05, 0) is 16.7 Å². The average Bonchev–Trinajstić information content (AvgIpc) is 2.92. The molecule has 0 aliphatic carbocycles. The quantitative estimate of drug-likeness (QED) is 0.273. The van der Waals surface area contributed by atoms with E-state index in [1.54, 1.807) is 0 Å². The van der Waals surface area contributed by atoms with Crippen LogP contribution in [0, 0.1) is 10.1 Å². The van der Waals surface area contributed by atoms with Crippen LogP contribution in [0.1, 0.15) is 16.7 Å². The Labute approximate surface area is 210 Å². The molecule has 36 heavy (non-hydrogen) atoms. The minimum Gasteiger partial charge on any atom is -0.374 e. The third-order valence-corrected chi connectivity index (χ3v) is 6.05. The number of hydrogen-bond acceptors (Lipinski definition) is 7. The molecule has 8 heteroatoms. The maximum absolute atomic E-state index is 12.1. The van der Waals surface area contributed by atoms with Crippen LogP contribution in [0.3, 0.4) is 0 Å². The molecule has 4 rings (SSSR count). The molecule has 1 aliphatic heterocycles. The van der Waals surface area contributed by atoms with Crippen LogP contribution in [0.2, 0.25) is 0 Å². The molecule has 0 aromatic heterocycles. The maximum Gasteiger partial charge on any atom is 0.291 e. The average molecular weight is 494 g/mol. The van der Waals surface area contributed by atoms with Gasteiger partial charge in [-0.3, -0.25) is 10.1 Å². The largest absolute Gasteiger partial charge is 0.374 e. The Bertz CT molecular complexity index is 1050. The van der Waals surface area contributed by atoms with E-state index in [1.807, 2.05) is 91.0 Å². The van der Waals surface area contributed by atoms with E-state index in [-0.39, 0.29) is 19.8 Å². The lowest BCUT2D eigenvalue weighted by atomic mass is 9.96. The number of nitro groups is 1. The molecule has 3 aromatic rings. The van der Waals surface area contributed by atoms with Crippen molar-refractivity contribution in [3.8, 4) is 0 Å². The molecule has 0 amide bonds. The summed E-state index contributed by atoms with van der Waals surface area (Å²) in [6, 6.07) is 27.7. The van der Waals surface area contributed by atoms with Crippen molar-refractivity contribution in [2.75, 3.05) is 13.7 Å². The highest BCUT2D eigenvalue weighted by Crippen LogP contribution is 2.30. The second kappa shape index (κ2) is 13.2. The van der Waals surface area contributed by atoms with Crippen LogP contribution < -0.4 is 0 Å². The highest BCUT2D eigenvalue weighted by Gasteiger charge is 2.54. The molecule has 1 heterocycles. The predicted molar refractivity (Wildman–Crippen MR) is 133 cm³/mol. The van der Waals surface area contributed by atoms with Gasteiger partial charge >= 0.3 is 0 Å². The van der Waals surface area contributed by atoms with Gasteiger partial charge in [-0.25, -0.2) is 0 Å². The fraction of sp³-hybridized carbons (Fsp3) is 0.357. The summed E-state index contributed by atoms with van der Waals surface area (Å²) in [5, 5.41) is 12.1. The molecule has 8 nitrogen and oxygen atoms in total. The molecule has 0 radical (unpaired) electrons. The van der Waals surface area contributed by atoms with Gasteiger partial charge in [0.2, 0.25) is 6.29 Å². The molecule has 1 saturated heterocycles. The van der Waals surface area contributed by atoms with Crippen LogP contribution in [-0.2, 0) is 43.5 Å². The van der Waals surface area contributed by atoms with E-state index in [1.165, 1.54) is 7.11 Å². The van der Waals surface area contributed by atoms with Gasteiger partial charge in [0, 0.05) is 12.0 Å². The molecular weight excluding hydrogens is 462 g/mol. The van der Waals surface area contributed by atoms with Gasteiger partial charge in [-0.1, -0.05) is 91.0 Å². The predicted octanol–water partition coefficient (Wildman–Crippen LogP) is 4.39. The first kappa shape index (κ1) is 25.9. The van der Waals surface area contributed by atoms with Crippen LogP contribution in [-0.4, -0.2) is 49.3 Å². The van der Waals surface area contributed by atoms with Crippen molar-refractivity contribution in [1.29, 1.82) is 0 Å². The molecule has 5 atom stereocenters. The molecule has 1 fully saturated rings. The smallest absolute Gasteiger partial charge is 0.291 e. The zero-order valence-corrected chi connectivity index (χ0v) is 20.2. The third-order valence-electron chi connectivity index (χ3n) is 6.05. The second-order valence-corrected chi connectivity index (χ2v) is 8.58. The molecule has 1 unspecified atom stereocenters. The maximum atomic E-state index is 12.1. The first-order valence-corrected chi connectivity index (χ1v) is 11.9. The molecule has 1 aliphatic rings. The summed E-state index contributed by atoms with van der Waals surface area (Å²) >= 11 is 0. The summed E-state index contributed by atoms with van der Waals surface area (Å²) in [5.74, 6) is 0. The third kappa shape index (κ3) is 6.96. The number of nitrogens with zero attached hydrogens (tertiary/aromatic N) is 1. The van der Waals surface area contributed by atoms with Gasteiger partial charge < -0.3 is 23.7 Å². The highest BCUT2D eigenvalue weighted by atomic mass is 16.7. The number of methoxy groups -OCH3 is 1. The molecule has 0 N–H and O–H groups in total. The van der Waals surface area contributed by atoms with Crippen molar-refractivity contribution >= 4 is 0 Å². The lowest BCUT2D eigenvalue weighted by Gasteiger charge is -2.41. The molecule has 0 bridgehead atoms. The van der Waals surface area contributed by atoms with Crippen molar-refractivity contribution in [1.82, 2.24) is 0 Å². The summed E-state index contributed by atoms with van der Waals surface area (Å²) in [6.45, 7) is 0.966. The van der Waals surface area contributed by atoms with E-state index in [9.17, 15) is 10.1 Å². The number of rotatable bonds is 12. The SMILES string of the molecule is COC1O[C@H](COCc2ccccc2)[C@H](OCc2ccccc2)[C@H](OCc2ccccc2)[C@H]1[N+](=O)[O-]. The molecule has 3 aromatic carbocycles. The summed E-state index contributed by atoms with van der Waals surface area (Å²) in [5.41, 5.74) is 2.85. The molecule has 0 saturated carbocycles. The Morgan fingerprint density at radius 1 is 0.750 bits per heavy atom. The highest BCUT2D eigenvalue weighted by molar-refractivity contribution is 5.15. The standard InChI is InChI=1S/C28H31NO7/c1-32-28-25(29(30)31)27(35-19-23-15-9-4-10-16-23)26(34-18-22-13-7-3-8-14-22)24(36-28)20-33-17-21-11-5-2-6-12-21/h2-16,24-28H,17-20H2,1H3/t24-,25-,26+,27-,28?/m1/s1. The van der Waals surface area contributed by atoms with Gasteiger partial charge in [-0.15, -0.1) is 0 Å². The minimum atomic E-state index is -1.27. The van der Waals surface area contributed by atoms with Crippen LogP contribution >= 0.6 is 0 Å². The van der Waals surface area contributed by atoms with Crippen LogP contribution in [0.4, 0.5) is 0 Å². The van der Waals surface area contributed by atoms with Gasteiger partial charge in [-0.2, -0.15) is 0 Å². The topological polar surface area (TPSA) is 89.3 Å². The second-order valence-electron chi connectivity index (χ2n) is 8.58. The lowest BCUT2D eigenvalue weighted by molar-refractivity contribution is -0.576. The van der Waals surface area contributed by atoms with E-state index in [4.69, 9.17) is 23.7 Å². The van der Waals surface area contributed by atoms with Gasteiger partial charge in [0.15, 0.2) is 6.10 Å². The van der Waals surface area contributed by atoms with Crippen molar-refractivity contribution in [2.24, 2.45) is 0 Å². The Morgan fingerprint density at radius 2 is 1.22 bits per heavy atom. The Hall–Kier alpha value is -3.14. The number of ether oxygens (including phenoxy) is 5. The van der Waals surface area contributed by atoms with Crippen molar-refractivity contribution < 1.29 is 28.6 Å². The van der Waals surface area contributed by atoms with Crippen molar-refractivity contribution in [3.63, 3.8) is 0 Å². The zero-order valence-electron chi connectivity index (χ0n) is 20.2. The first-order chi connectivity index (χ1) is 17.7. The van der Waals surface area contributed by atoms with Crippen LogP contribution in [0.5, 0.6) is 0 Å². The number of benzene rings is 3. The van der Waals surface area contributed by atoms with Gasteiger partial charge in [0.25, 0.3) is 6.04 Å². The summed E-state index contributed by atoms with van der Waals surface area (Å²) in [6.07, 6.45) is -3.43. The van der Waals surface area contributed by atoms with E-state index >= 15 is 0 Å². The zero-order chi connectivity index (χ0) is 25.2. The minimum absolute atomic E-state index is 0.157. The van der Waals surface area contributed by atoms with Crippen molar-refractivity contribution in [3.05, 3.63) is 118 Å². The van der Waals surface area contributed by atoms with Gasteiger partial charge in [0.05, 0.1) is 26.4 Å². The molecular formula is C28H31NO7. The Kier molecular flexibility index (Phi) is 9.54. The van der Waals surface area contributed by atoms with Crippen LogP contribution in [0.25, 0.3) is 0 Å². The Morgan fingerprint density at radius 3 is 1.69 bits per heavy atom. The molecule has 190 valence electrons. The first-order valence-electron chi connectivity index (χ1n) is 11.9. The lowest BCUT2D eigenvalue weighted by Crippen LogP contribution is -2.63. The summed E-state index contributed by atoms with van der Waals surface area (Å²) in [7, 11) is 1.39. The van der Waals surface area contributed by atoms with E-state index in [0.29, 0.717) is 6.61 Å². The summed E-state index contributed by atoms with van der Waals surface area (Å²) < 4.78 is 29.8. The van der Waals surface area contributed by atoms with Crippen LogP contribution in [0.15, 0.2) is 91.0 Å². The molecule has 0 spiro atoms. The van der Waals surface area contributed by atoms with E-state index in [2.05, 4.69) is 0 Å². The fourth-order valence-corrected chi connectivity index (χ4v) is 4.24. The van der Waals surface area contributed by atoms with Gasteiger partial charge in [0.1, 0.15) is 12.2 Å². The monoisotopic (exact) mass is 493 g/mol. The number of hydrogen-bond donors (Lipinski definition) is 0. The Balaban J connectivity index is 1.55. The van der Waals surface area contributed by atoms with E-state index in [0.717, 1.165) is 16.7 Å².